The van der Waals surface area contributed by atoms with E-state index in [2.05, 4.69) is 27.2 Å². The van der Waals surface area contributed by atoms with Crippen molar-refractivity contribution in [3.8, 4) is 5.88 Å². The average molecular weight is 445 g/mol. The maximum Gasteiger partial charge on any atom is 0.490 e. The summed E-state index contributed by atoms with van der Waals surface area (Å²) < 4.78 is 43.7. The minimum absolute atomic E-state index is 0.0279. The summed E-state index contributed by atoms with van der Waals surface area (Å²) >= 11 is 1.72. The molecule has 0 saturated carbocycles. The van der Waals surface area contributed by atoms with Crippen LogP contribution in [-0.2, 0) is 16.1 Å². The van der Waals surface area contributed by atoms with Crippen LogP contribution in [0.15, 0.2) is 29.8 Å². The normalized spacial score (nSPS) is 20.3. The molecule has 7 nitrogen and oxygen atoms in total. The lowest BCUT2D eigenvalue weighted by Crippen LogP contribution is -2.64. The van der Waals surface area contributed by atoms with Gasteiger partial charge in [-0.3, -0.25) is 4.90 Å². The molecule has 0 aliphatic carbocycles. The fourth-order valence-electron chi connectivity index (χ4n) is 3.52. The van der Waals surface area contributed by atoms with Crippen LogP contribution in [-0.4, -0.2) is 64.0 Å². The third-order valence-corrected chi connectivity index (χ3v) is 5.77. The van der Waals surface area contributed by atoms with E-state index in [0.717, 1.165) is 37.7 Å². The zero-order chi connectivity index (χ0) is 21.8. The first-order valence-corrected chi connectivity index (χ1v) is 10.2. The molecule has 1 unspecified atom stereocenters. The zero-order valence-electron chi connectivity index (χ0n) is 16.3. The van der Waals surface area contributed by atoms with Gasteiger partial charge in [0.1, 0.15) is 0 Å². The number of aromatic nitrogens is 2. The van der Waals surface area contributed by atoms with Crippen molar-refractivity contribution in [3.63, 3.8) is 0 Å². The van der Waals surface area contributed by atoms with E-state index in [1.165, 1.54) is 5.69 Å². The molecule has 11 heteroatoms. The summed E-state index contributed by atoms with van der Waals surface area (Å²) in [5.41, 5.74) is 1.14. The maximum absolute atomic E-state index is 10.6. The van der Waals surface area contributed by atoms with E-state index >= 15 is 0 Å². The van der Waals surface area contributed by atoms with E-state index in [0.29, 0.717) is 18.4 Å². The van der Waals surface area contributed by atoms with E-state index in [-0.39, 0.29) is 5.60 Å². The second-order valence-corrected chi connectivity index (χ2v) is 8.25. The Morgan fingerprint density at radius 1 is 1.43 bits per heavy atom. The van der Waals surface area contributed by atoms with Gasteiger partial charge in [-0.25, -0.2) is 14.8 Å². The Hall–Kier alpha value is -2.24. The second kappa shape index (κ2) is 9.27. The summed E-state index contributed by atoms with van der Waals surface area (Å²) in [6, 6.07) is 5.75. The fraction of sp³-hybridized carbons (Fsp3) is 0.526. The molecule has 164 valence electrons. The lowest BCUT2D eigenvalue weighted by molar-refractivity contribution is -0.192. The number of hydrogen-bond donors (Lipinski definition) is 1. The monoisotopic (exact) mass is 445 g/mol. The molecule has 0 radical (unpaired) electrons. The number of pyridine rings is 1. The van der Waals surface area contributed by atoms with Crippen LogP contribution in [0.4, 0.5) is 13.2 Å². The van der Waals surface area contributed by atoms with Gasteiger partial charge < -0.3 is 14.6 Å². The summed E-state index contributed by atoms with van der Waals surface area (Å²) in [6.45, 7) is 6.43. The van der Waals surface area contributed by atoms with Crippen LogP contribution in [0.3, 0.4) is 0 Å². The molecule has 30 heavy (non-hydrogen) atoms. The SMILES string of the molecule is Cc1nc(CN2CC3(C2)OCCC3COc2ccccn2)cs1.O=C(O)C(F)(F)F. The Balaban J connectivity index is 0.000000318. The predicted octanol–water partition coefficient (Wildman–Crippen LogP) is 3.15. The largest absolute Gasteiger partial charge is 0.490 e. The zero-order valence-corrected chi connectivity index (χ0v) is 17.1. The Kier molecular flexibility index (Phi) is 6.94. The van der Waals surface area contributed by atoms with Crippen LogP contribution in [0, 0.1) is 12.8 Å². The first-order chi connectivity index (χ1) is 14.2. The number of aliphatic carboxylic acids is 1. The van der Waals surface area contributed by atoms with Gasteiger partial charge in [0.05, 0.1) is 22.9 Å². The van der Waals surface area contributed by atoms with Gasteiger partial charge in [-0.15, -0.1) is 11.3 Å². The van der Waals surface area contributed by atoms with Crippen LogP contribution in [0.5, 0.6) is 5.88 Å². The van der Waals surface area contributed by atoms with Crippen molar-refractivity contribution in [2.45, 2.75) is 31.7 Å². The molecular formula is C19H22F3N3O4S. The molecule has 4 heterocycles. The van der Waals surface area contributed by atoms with Gasteiger partial charge in [-0.2, -0.15) is 13.2 Å². The molecule has 2 aliphatic heterocycles. The van der Waals surface area contributed by atoms with Crippen molar-refractivity contribution in [1.29, 1.82) is 0 Å². The Labute approximate surface area is 175 Å². The summed E-state index contributed by atoms with van der Waals surface area (Å²) in [7, 11) is 0. The number of rotatable bonds is 5. The van der Waals surface area contributed by atoms with Crippen molar-refractivity contribution in [2.24, 2.45) is 5.92 Å². The molecule has 2 aromatic rings. The first kappa shape index (κ1) is 22.4. The highest BCUT2D eigenvalue weighted by molar-refractivity contribution is 7.09. The third-order valence-electron chi connectivity index (χ3n) is 4.95. The number of carboxylic acid groups (broad SMARTS) is 1. The topological polar surface area (TPSA) is 84.8 Å². The number of nitrogens with zero attached hydrogens (tertiary/aromatic N) is 3. The number of carbonyl (C=O) groups is 1. The molecule has 2 aliphatic rings. The van der Waals surface area contributed by atoms with Crippen molar-refractivity contribution >= 4 is 17.3 Å². The number of alkyl halides is 3. The minimum Gasteiger partial charge on any atom is -0.477 e. The molecule has 0 amide bonds. The van der Waals surface area contributed by atoms with Crippen molar-refractivity contribution < 1.29 is 32.5 Å². The van der Waals surface area contributed by atoms with Crippen molar-refractivity contribution in [3.05, 3.63) is 40.5 Å². The molecule has 4 rings (SSSR count). The van der Waals surface area contributed by atoms with Gasteiger partial charge in [-0.05, 0) is 19.4 Å². The quantitative estimate of drug-likeness (QED) is 0.757. The molecular weight excluding hydrogens is 423 g/mol. The van der Waals surface area contributed by atoms with E-state index in [1.54, 1.807) is 17.5 Å². The van der Waals surface area contributed by atoms with E-state index in [9.17, 15) is 13.2 Å². The number of thiazole rings is 1. The number of halogens is 3. The summed E-state index contributed by atoms with van der Waals surface area (Å²) in [6.07, 6.45) is -2.26. The predicted molar refractivity (Wildman–Crippen MR) is 102 cm³/mol. The van der Waals surface area contributed by atoms with Gasteiger partial charge in [0.2, 0.25) is 5.88 Å². The lowest BCUT2D eigenvalue weighted by atomic mass is 9.81. The lowest BCUT2D eigenvalue weighted by Gasteiger charge is -2.50. The Morgan fingerprint density at radius 2 is 2.17 bits per heavy atom. The van der Waals surface area contributed by atoms with Crippen LogP contribution in [0.2, 0.25) is 0 Å². The van der Waals surface area contributed by atoms with E-state index in [1.807, 2.05) is 18.2 Å². The van der Waals surface area contributed by atoms with Gasteiger partial charge >= 0.3 is 12.1 Å². The average Bonchev–Trinajstić information content (AvgIpc) is 3.27. The Bertz CT molecular complexity index is 841. The standard InChI is InChI=1S/C17H21N3O2S.C2HF3O2/c1-13-19-15(10-23-13)8-20-11-17(12-20)14(5-7-22-17)9-21-16-4-2-3-6-18-16;3-2(4,5)1(6)7/h2-4,6,10,14H,5,7-9,11-12H2,1H3;(H,6,7). The summed E-state index contributed by atoms with van der Waals surface area (Å²) in [5.74, 6) is -1.62. The number of aryl methyl sites for hydroxylation is 1. The Morgan fingerprint density at radius 3 is 2.73 bits per heavy atom. The fourth-order valence-corrected chi connectivity index (χ4v) is 4.12. The van der Waals surface area contributed by atoms with E-state index in [4.69, 9.17) is 19.4 Å². The highest BCUT2D eigenvalue weighted by Gasteiger charge is 2.53. The third kappa shape index (κ3) is 5.67. The number of hydrogen-bond acceptors (Lipinski definition) is 7. The van der Waals surface area contributed by atoms with Crippen molar-refractivity contribution in [2.75, 3.05) is 26.3 Å². The van der Waals surface area contributed by atoms with Crippen LogP contribution in [0.25, 0.3) is 0 Å². The van der Waals surface area contributed by atoms with Gasteiger partial charge in [0.25, 0.3) is 0 Å². The number of carboxylic acids is 1. The van der Waals surface area contributed by atoms with Crippen molar-refractivity contribution in [1.82, 2.24) is 14.9 Å². The maximum atomic E-state index is 10.6. The van der Waals surface area contributed by atoms with E-state index < -0.39 is 12.1 Å². The highest BCUT2D eigenvalue weighted by Crippen LogP contribution is 2.40. The molecule has 1 spiro atoms. The minimum atomic E-state index is -5.08. The van der Waals surface area contributed by atoms with Gasteiger partial charge in [0.15, 0.2) is 0 Å². The molecule has 2 saturated heterocycles. The molecule has 2 fully saturated rings. The van der Waals surface area contributed by atoms with Crippen LogP contribution < -0.4 is 4.74 Å². The summed E-state index contributed by atoms with van der Waals surface area (Å²) in [5, 5.41) is 10.4. The second-order valence-electron chi connectivity index (χ2n) is 7.18. The first-order valence-electron chi connectivity index (χ1n) is 9.29. The highest BCUT2D eigenvalue weighted by atomic mass is 32.1. The van der Waals surface area contributed by atoms with Gasteiger partial charge in [-0.1, -0.05) is 6.07 Å². The van der Waals surface area contributed by atoms with Crippen LogP contribution >= 0.6 is 11.3 Å². The smallest absolute Gasteiger partial charge is 0.477 e. The number of likely N-dealkylation sites (tertiary alicyclic amines) is 1. The molecule has 0 aromatic carbocycles. The van der Waals surface area contributed by atoms with Crippen LogP contribution in [0.1, 0.15) is 17.1 Å². The molecule has 0 bridgehead atoms. The molecule has 2 aromatic heterocycles. The van der Waals surface area contributed by atoms with Gasteiger partial charge in [0, 0.05) is 49.8 Å². The summed E-state index contributed by atoms with van der Waals surface area (Å²) in [4.78, 5) is 20.1. The number of ether oxygens (including phenoxy) is 2. The molecule has 1 N–H and O–H groups in total. The molecule has 1 atom stereocenters.